The van der Waals surface area contributed by atoms with Gasteiger partial charge >= 0.3 is 35.9 Å². The number of rotatable bonds is 22. The molecule has 2 N–H and O–H groups in total. The molecule has 2 aromatic carbocycles. The third kappa shape index (κ3) is 17.9. The normalized spacial score (nSPS) is 19.6. The van der Waals surface area contributed by atoms with Crippen molar-refractivity contribution in [2.24, 2.45) is 0 Å². The van der Waals surface area contributed by atoms with Gasteiger partial charge in [0.2, 0.25) is 5.91 Å². The van der Waals surface area contributed by atoms with Crippen LogP contribution in [0.25, 0.3) is 0 Å². The second-order valence-corrected chi connectivity index (χ2v) is 19.9. The number of hydrogen-bond donors (Lipinski definition) is 2. The highest BCUT2D eigenvalue weighted by atomic mass is 16.7. The average molecular weight is 1050 g/mol. The summed E-state index contributed by atoms with van der Waals surface area (Å²) >= 11 is 0. The molecule has 3 amide bonds. The molecule has 1 aliphatic heterocycles. The second-order valence-electron chi connectivity index (χ2n) is 19.9. The molecule has 1 aliphatic carbocycles. The number of amides is 3. The van der Waals surface area contributed by atoms with E-state index < -0.39 is 102 Å². The lowest BCUT2D eigenvalue weighted by molar-refractivity contribution is -0.310. The number of benzene rings is 2. The first-order chi connectivity index (χ1) is 35.4. The Morgan fingerprint density at radius 2 is 1.56 bits per heavy atom. The summed E-state index contributed by atoms with van der Waals surface area (Å²) in [6.07, 6.45) is -0.579. The fourth-order valence-corrected chi connectivity index (χ4v) is 9.23. The van der Waals surface area contributed by atoms with Crippen LogP contribution in [0, 0.1) is 13.8 Å². The van der Waals surface area contributed by atoms with E-state index in [9.17, 15) is 38.4 Å². The molecule has 3 aromatic rings. The predicted molar refractivity (Wildman–Crippen MR) is 267 cm³/mol. The molecule has 0 spiro atoms. The van der Waals surface area contributed by atoms with Crippen LogP contribution in [0.3, 0.4) is 0 Å². The Balaban J connectivity index is 1.50. The molecule has 2 aliphatic rings. The number of nitrogens with one attached hydrogen (secondary N) is 2. The summed E-state index contributed by atoms with van der Waals surface area (Å²) in [6, 6.07) is 10.9. The molecule has 6 atom stereocenters. The molecular weight excluding hydrogens is 977 g/mol. The van der Waals surface area contributed by atoms with E-state index in [-0.39, 0.29) is 50.7 Å². The number of methoxy groups -OCH3 is 1. The van der Waals surface area contributed by atoms with Crippen LogP contribution in [0.2, 0.25) is 0 Å². The summed E-state index contributed by atoms with van der Waals surface area (Å²) in [7, 11) is 1.08. The maximum Gasteiger partial charge on any atom is 0.410 e. The molecule has 2 fully saturated rings. The maximum absolute atomic E-state index is 14.2. The van der Waals surface area contributed by atoms with Crippen LogP contribution in [0.15, 0.2) is 48.7 Å². The lowest BCUT2D eigenvalue weighted by atomic mass is 9.87. The van der Waals surface area contributed by atoms with Crippen molar-refractivity contribution in [3.63, 3.8) is 0 Å². The summed E-state index contributed by atoms with van der Waals surface area (Å²) in [6.45, 7) is 12.5. The first kappa shape index (κ1) is 58.9. The number of aryl methyl sites for hydroxylation is 2. The molecule has 5 rings (SSSR count). The minimum Gasteiger partial charge on any atom is -0.465 e. The van der Waals surface area contributed by atoms with Gasteiger partial charge in [-0.15, -0.1) is 5.10 Å². The van der Waals surface area contributed by atoms with E-state index in [1.54, 1.807) is 40.8 Å². The Bertz CT molecular complexity index is 2460. The molecule has 1 saturated carbocycles. The number of carbonyl (C=O) groups excluding carboxylic acids is 8. The third-order valence-corrected chi connectivity index (χ3v) is 12.3. The Labute approximate surface area is 437 Å². The van der Waals surface area contributed by atoms with Crippen molar-refractivity contribution in [1.82, 2.24) is 30.5 Å². The predicted octanol–water partition coefficient (Wildman–Crippen LogP) is 5.47. The zero-order chi connectivity index (χ0) is 55.0. The van der Waals surface area contributed by atoms with E-state index in [2.05, 4.69) is 20.9 Å². The molecule has 22 heteroatoms. The van der Waals surface area contributed by atoms with Crippen molar-refractivity contribution < 1.29 is 76.3 Å². The first-order valence-electron chi connectivity index (χ1n) is 25.2. The van der Waals surface area contributed by atoms with Crippen molar-refractivity contribution >= 4 is 47.8 Å². The van der Waals surface area contributed by atoms with Crippen molar-refractivity contribution in [3.8, 4) is 5.75 Å². The van der Waals surface area contributed by atoms with Crippen LogP contribution < -0.4 is 15.4 Å². The number of esters is 5. The largest absolute Gasteiger partial charge is 0.465 e. The van der Waals surface area contributed by atoms with E-state index in [4.69, 9.17) is 37.9 Å². The van der Waals surface area contributed by atoms with Crippen LogP contribution in [0.1, 0.15) is 138 Å². The summed E-state index contributed by atoms with van der Waals surface area (Å²) < 4.78 is 48.1. The lowest BCUT2D eigenvalue weighted by Gasteiger charge is -2.48. The highest BCUT2D eigenvalue weighted by molar-refractivity contribution is 5.95. The molecule has 1 aromatic heterocycles. The van der Waals surface area contributed by atoms with Crippen LogP contribution in [-0.2, 0) is 75.0 Å². The molecule has 75 heavy (non-hydrogen) atoms. The SMILES string of the molecule is COC(=O)[C@@]1(OCCCN(Cc2ccccc2)C(=O)OC(C)(C)C)C[C@@H](OC(C)=O)[C@@H](NC(=O)Cn2cc(C3CCCCC3)nn2)C([C@@H](C[C@@H](CNC(=O)c2cc(C)c(OC(C)=O)c(C)c2)OC(C)=O)OC(C)=O)O1. The van der Waals surface area contributed by atoms with Crippen molar-refractivity contribution in [2.75, 3.05) is 26.8 Å². The zero-order valence-corrected chi connectivity index (χ0v) is 44.6. The van der Waals surface area contributed by atoms with Gasteiger partial charge in [-0.05, 0) is 82.7 Å². The second kappa shape index (κ2) is 27.0. The monoisotopic (exact) mass is 1050 g/mol. The summed E-state index contributed by atoms with van der Waals surface area (Å²) in [5, 5.41) is 14.1. The van der Waals surface area contributed by atoms with Crippen LogP contribution in [-0.4, -0.2) is 136 Å². The lowest BCUT2D eigenvalue weighted by Crippen LogP contribution is -2.68. The van der Waals surface area contributed by atoms with Crippen LogP contribution in [0.5, 0.6) is 5.75 Å². The van der Waals surface area contributed by atoms with Crippen molar-refractivity contribution in [1.29, 1.82) is 0 Å². The first-order valence-corrected chi connectivity index (χ1v) is 25.2. The zero-order valence-electron chi connectivity index (χ0n) is 44.6. The van der Waals surface area contributed by atoms with Gasteiger partial charge in [0.1, 0.15) is 42.3 Å². The molecular formula is C53H72N6O16. The number of hydrogen-bond acceptors (Lipinski definition) is 18. The molecule has 1 saturated heterocycles. The standard InChI is InChI=1S/C53H72N6O16/c1-32-24-40(25-33(2)47(32)73-37(6)63)49(65)54-28-41(70-34(3)60)26-43(71-35(4)61)48-46(55-45(64)31-59-30-42(56-57-59)39-20-15-12-16-21-39)44(72-36(5)62)27-53(74-48,50(66)68-10)69-23-17-22-58(51(67)75-52(7,8)9)29-38-18-13-11-14-19-38/h11,13-14,18-19,24-25,30,39,41,43-44,46,48H,12,15-17,20-23,26-29,31H2,1-10H3,(H,54,65)(H,55,64)/t41-,43+,44+,46+,48?,53+/m0/s1. The van der Waals surface area contributed by atoms with Gasteiger partial charge in [-0.2, -0.15) is 0 Å². The number of aromatic nitrogens is 3. The van der Waals surface area contributed by atoms with Gasteiger partial charge in [-0.1, -0.05) is 54.8 Å². The highest BCUT2D eigenvalue weighted by Gasteiger charge is 2.58. The third-order valence-electron chi connectivity index (χ3n) is 12.3. The van der Waals surface area contributed by atoms with Gasteiger partial charge in [0.05, 0.1) is 38.4 Å². The summed E-state index contributed by atoms with van der Waals surface area (Å²) in [5.74, 6) is -7.28. The van der Waals surface area contributed by atoms with Gasteiger partial charge in [-0.25, -0.2) is 14.3 Å². The van der Waals surface area contributed by atoms with Gasteiger partial charge in [0, 0.05) is 64.9 Å². The number of ether oxygens (including phenoxy) is 8. The fraction of sp³-hybridized carbons (Fsp3) is 0.585. The molecule has 0 bridgehead atoms. The van der Waals surface area contributed by atoms with E-state index in [0.29, 0.717) is 16.9 Å². The van der Waals surface area contributed by atoms with E-state index in [1.807, 2.05) is 30.3 Å². The Kier molecular flexibility index (Phi) is 21.2. The van der Waals surface area contributed by atoms with Crippen LogP contribution >= 0.6 is 0 Å². The van der Waals surface area contributed by atoms with Crippen molar-refractivity contribution in [3.05, 3.63) is 76.6 Å². The van der Waals surface area contributed by atoms with E-state index >= 15 is 0 Å². The number of nitrogens with zero attached hydrogens (tertiary/aromatic N) is 4. The van der Waals surface area contributed by atoms with Gasteiger partial charge < -0.3 is 53.4 Å². The quantitative estimate of drug-likeness (QED) is 0.0546. The molecule has 2 heterocycles. The fourth-order valence-electron chi connectivity index (χ4n) is 9.23. The molecule has 1 unspecified atom stereocenters. The topological polar surface area (TPSA) is 268 Å². The minimum absolute atomic E-state index is 0.0720. The van der Waals surface area contributed by atoms with E-state index in [1.165, 1.54) is 28.6 Å². The smallest absolute Gasteiger partial charge is 0.410 e. The van der Waals surface area contributed by atoms with Gasteiger partial charge in [0.15, 0.2) is 0 Å². The van der Waals surface area contributed by atoms with Gasteiger partial charge in [0.25, 0.3) is 11.7 Å². The molecule has 22 nitrogen and oxygen atoms in total. The Morgan fingerprint density at radius 1 is 0.893 bits per heavy atom. The molecule has 0 radical (unpaired) electrons. The maximum atomic E-state index is 14.2. The number of carbonyl (C=O) groups is 8. The molecule has 410 valence electrons. The summed E-state index contributed by atoms with van der Waals surface area (Å²) in [4.78, 5) is 108. The highest BCUT2D eigenvalue weighted by Crippen LogP contribution is 2.38. The van der Waals surface area contributed by atoms with Crippen LogP contribution in [0.4, 0.5) is 4.79 Å². The Hall–Kier alpha value is -6.94. The van der Waals surface area contributed by atoms with Gasteiger partial charge in [-0.3, -0.25) is 28.8 Å². The van der Waals surface area contributed by atoms with Crippen molar-refractivity contribution in [2.45, 2.75) is 175 Å². The Morgan fingerprint density at radius 3 is 2.16 bits per heavy atom. The van der Waals surface area contributed by atoms with E-state index in [0.717, 1.165) is 71.2 Å². The summed E-state index contributed by atoms with van der Waals surface area (Å²) in [5.41, 5.74) is 1.95. The minimum atomic E-state index is -2.42. The average Bonchev–Trinajstić information content (AvgIpc) is 3.80.